The number of benzene rings is 2. The zero-order valence-electron chi connectivity index (χ0n) is 16.7. The summed E-state index contributed by atoms with van der Waals surface area (Å²) in [6.45, 7) is 0.578. The van der Waals surface area contributed by atoms with Crippen LogP contribution in [0.15, 0.2) is 47.4 Å². The van der Waals surface area contributed by atoms with E-state index in [1.165, 1.54) is 24.3 Å². The molecule has 1 saturated heterocycles. The van der Waals surface area contributed by atoms with Gasteiger partial charge in [0, 0.05) is 36.6 Å². The van der Waals surface area contributed by atoms with Crippen LogP contribution in [0.2, 0.25) is 10.0 Å². The molecule has 0 saturated carbocycles. The van der Waals surface area contributed by atoms with Crippen LogP contribution in [0.1, 0.15) is 24.8 Å². The summed E-state index contributed by atoms with van der Waals surface area (Å²) in [5.41, 5.74) is 6.55. The fourth-order valence-electron chi connectivity index (χ4n) is 3.70. The average Bonchev–Trinajstić information content (AvgIpc) is 3.19. The van der Waals surface area contributed by atoms with Crippen molar-refractivity contribution in [2.24, 2.45) is 5.73 Å². The molecule has 6 nitrogen and oxygen atoms in total. The lowest BCUT2D eigenvalue weighted by atomic mass is 10.0. The molecule has 31 heavy (non-hydrogen) atoms. The quantitative estimate of drug-likeness (QED) is 0.596. The van der Waals surface area contributed by atoms with Crippen molar-refractivity contribution in [2.75, 3.05) is 13.1 Å². The van der Waals surface area contributed by atoms with E-state index >= 15 is 0 Å². The Kier molecular flexibility index (Phi) is 7.93. The zero-order valence-corrected chi connectivity index (χ0v) is 19.1. The molecule has 0 bridgehead atoms. The van der Waals surface area contributed by atoms with Crippen molar-refractivity contribution in [3.8, 4) is 0 Å². The van der Waals surface area contributed by atoms with Crippen LogP contribution in [0, 0.1) is 5.82 Å². The van der Waals surface area contributed by atoms with E-state index in [1.807, 2.05) is 0 Å². The molecule has 0 aliphatic carbocycles. The largest absolute Gasteiger partial charge is 0.338 e. The van der Waals surface area contributed by atoms with Gasteiger partial charge in [-0.1, -0.05) is 41.4 Å². The maximum Gasteiger partial charge on any atom is 0.242 e. The molecule has 0 spiro atoms. The Morgan fingerprint density at radius 2 is 2.00 bits per heavy atom. The van der Waals surface area contributed by atoms with Gasteiger partial charge in [0.15, 0.2) is 0 Å². The Hall–Kier alpha value is -1.71. The van der Waals surface area contributed by atoms with Gasteiger partial charge in [0.2, 0.25) is 15.9 Å². The monoisotopic (exact) mass is 487 g/mol. The number of halogens is 3. The number of hydrogen-bond acceptors (Lipinski definition) is 4. The molecule has 1 fully saturated rings. The highest BCUT2D eigenvalue weighted by Crippen LogP contribution is 2.25. The van der Waals surface area contributed by atoms with Crippen LogP contribution >= 0.6 is 23.2 Å². The Morgan fingerprint density at radius 1 is 1.26 bits per heavy atom. The highest BCUT2D eigenvalue weighted by atomic mass is 35.5. The predicted octanol–water partition coefficient (Wildman–Crippen LogP) is 3.36. The lowest BCUT2D eigenvalue weighted by Crippen LogP contribution is -2.45. The van der Waals surface area contributed by atoms with Gasteiger partial charge in [0.05, 0.1) is 5.02 Å². The van der Waals surface area contributed by atoms with E-state index < -0.39 is 16.1 Å². The van der Waals surface area contributed by atoms with Crippen molar-refractivity contribution in [3.63, 3.8) is 0 Å². The number of rotatable bonds is 8. The van der Waals surface area contributed by atoms with Gasteiger partial charge >= 0.3 is 0 Å². The minimum absolute atomic E-state index is 0.0533. The maximum atomic E-state index is 13.8. The van der Waals surface area contributed by atoms with Crippen LogP contribution in [0.3, 0.4) is 0 Å². The van der Waals surface area contributed by atoms with Crippen LogP contribution in [0.5, 0.6) is 0 Å². The second-order valence-electron chi connectivity index (χ2n) is 7.57. The van der Waals surface area contributed by atoms with Crippen LogP contribution < -0.4 is 10.5 Å². The third kappa shape index (κ3) is 6.17. The lowest BCUT2D eigenvalue weighted by molar-refractivity contribution is -0.132. The van der Waals surface area contributed by atoms with E-state index in [4.69, 9.17) is 28.9 Å². The second kappa shape index (κ2) is 10.3. The first-order valence-electron chi connectivity index (χ1n) is 9.90. The summed E-state index contributed by atoms with van der Waals surface area (Å²) in [6.07, 6.45) is 1.73. The first-order chi connectivity index (χ1) is 14.7. The summed E-state index contributed by atoms with van der Waals surface area (Å²) < 4.78 is 41.6. The topological polar surface area (TPSA) is 92.5 Å². The molecule has 168 valence electrons. The molecule has 3 N–H and O–H groups in total. The summed E-state index contributed by atoms with van der Waals surface area (Å²) in [5, 5.41) is 0.321. The third-order valence-corrected chi connectivity index (χ3v) is 7.41. The third-order valence-electron chi connectivity index (χ3n) is 5.27. The highest BCUT2D eigenvalue weighted by Gasteiger charge is 2.31. The van der Waals surface area contributed by atoms with Crippen molar-refractivity contribution in [1.29, 1.82) is 0 Å². The van der Waals surface area contributed by atoms with Crippen LogP contribution in [0.25, 0.3) is 0 Å². The van der Waals surface area contributed by atoms with Crippen LogP contribution in [0.4, 0.5) is 4.39 Å². The summed E-state index contributed by atoms with van der Waals surface area (Å²) in [6, 6.07) is 9.71. The number of carbonyl (C=O) groups excluding carboxylic acids is 1. The van der Waals surface area contributed by atoms with E-state index in [0.717, 1.165) is 6.42 Å². The zero-order chi connectivity index (χ0) is 22.6. The van der Waals surface area contributed by atoms with Gasteiger partial charge in [-0.15, -0.1) is 0 Å². The lowest BCUT2D eigenvalue weighted by Gasteiger charge is -2.26. The fourth-order valence-corrected chi connectivity index (χ4v) is 5.54. The van der Waals surface area contributed by atoms with Gasteiger partial charge in [-0.2, -0.15) is 0 Å². The number of nitrogens with one attached hydrogen (secondary N) is 1. The molecule has 2 atom stereocenters. The molecule has 3 rings (SSSR count). The van der Waals surface area contributed by atoms with E-state index in [9.17, 15) is 17.6 Å². The summed E-state index contributed by atoms with van der Waals surface area (Å²) in [5.74, 6) is -0.523. The number of hydrogen-bond donors (Lipinski definition) is 2. The molecular weight excluding hydrogens is 464 g/mol. The smallest absolute Gasteiger partial charge is 0.242 e. The SMILES string of the molecule is N[C@@H](CC(=O)N1CCC[C@H]1CNS(=O)(=O)c1cc(Cl)ccc1Cl)Cc1ccccc1F. The van der Waals surface area contributed by atoms with Crippen molar-refractivity contribution in [3.05, 3.63) is 63.9 Å². The normalized spacial score (nSPS) is 17.7. The number of amides is 1. The summed E-state index contributed by atoms with van der Waals surface area (Å²) in [7, 11) is -3.89. The molecule has 0 radical (unpaired) electrons. The summed E-state index contributed by atoms with van der Waals surface area (Å²) >= 11 is 11.9. The fraction of sp³-hybridized carbons (Fsp3) is 0.381. The molecule has 2 aromatic rings. The number of sulfonamides is 1. The van der Waals surface area contributed by atoms with Crippen LogP contribution in [-0.4, -0.2) is 44.4 Å². The standard InChI is InChI=1S/C21H24Cl2FN3O3S/c22-15-7-8-18(23)20(11-15)31(29,30)26-13-17-5-3-9-27(17)21(28)12-16(25)10-14-4-1-2-6-19(14)24/h1-2,4,6-8,11,16-17,26H,3,5,9-10,12-13,25H2/t16-,17+/m1/s1. The Bertz CT molecular complexity index is 1050. The Morgan fingerprint density at radius 3 is 2.74 bits per heavy atom. The molecular formula is C21H24Cl2FN3O3S. The first kappa shape index (κ1) is 23.9. The highest BCUT2D eigenvalue weighted by molar-refractivity contribution is 7.89. The molecule has 1 amide bonds. The Labute approximate surface area is 191 Å². The minimum Gasteiger partial charge on any atom is -0.338 e. The van der Waals surface area contributed by atoms with Gasteiger partial charge < -0.3 is 10.6 Å². The molecule has 2 aromatic carbocycles. The average molecular weight is 488 g/mol. The van der Waals surface area contributed by atoms with Crippen molar-refractivity contribution < 1.29 is 17.6 Å². The number of nitrogens with two attached hydrogens (primary N) is 1. The molecule has 10 heteroatoms. The number of nitrogens with zero attached hydrogens (tertiary/aromatic N) is 1. The van der Waals surface area contributed by atoms with Gasteiger partial charge in [-0.25, -0.2) is 17.5 Å². The molecule has 0 unspecified atom stereocenters. The van der Waals surface area contributed by atoms with Crippen molar-refractivity contribution in [1.82, 2.24) is 9.62 Å². The van der Waals surface area contributed by atoms with Crippen molar-refractivity contribution in [2.45, 2.75) is 42.7 Å². The molecule has 1 aliphatic rings. The van der Waals surface area contributed by atoms with Gasteiger partial charge in [-0.05, 0) is 49.1 Å². The summed E-state index contributed by atoms with van der Waals surface area (Å²) in [4.78, 5) is 14.3. The van der Waals surface area contributed by atoms with Crippen molar-refractivity contribution >= 4 is 39.1 Å². The maximum absolute atomic E-state index is 13.8. The molecule has 0 aromatic heterocycles. The predicted molar refractivity (Wildman–Crippen MR) is 119 cm³/mol. The first-order valence-corrected chi connectivity index (χ1v) is 12.1. The van der Waals surface area contributed by atoms with Gasteiger partial charge in [0.25, 0.3) is 0 Å². The number of likely N-dealkylation sites (tertiary alicyclic amines) is 1. The van der Waals surface area contributed by atoms with E-state index in [2.05, 4.69) is 4.72 Å². The van der Waals surface area contributed by atoms with Gasteiger partial charge in [-0.3, -0.25) is 4.79 Å². The molecule has 1 aliphatic heterocycles. The van der Waals surface area contributed by atoms with Crippen LogP contribution in [-0.2, 0) is 21.2 Å². The second-order valence-corrected chi connectivity index (χ2v) is 10.1. The minimum atomic E-state index is -3.89. The van der Waals surface area contributed by atoms with E-state index in [1.54, 1.807) is 23.1 Å². The Balaban J connectivity index is 1.59. The number of carbonyl (C=O) groups is 1. The van der Waals surface area contributed by atoms with E-state index in [-0.39, 0.29) is 52.1 Å². The molecule has 1 heterocycles. The van der Waals surface area contributed by atoms with Gasteiger partial charge in [0.1, 0.15) is 10.7 Å². The van der Waals surface area contributed by atoms with E-state index in [0.29, 0.717) is 18.5 Å².